The molecule has 0 aromatic heterocycles. The highest BCUT2D eigenvalue weighted by molar-refractivity contribution is 9.10. The Morgan fingerprint density at radius 1 is 1.59 bits per heavy atom. The first kappa shape index (κ1) is 11.3. The molecule has 2 atom stereocenters. The van der Waals surface area contributed by atoms with E-state index in [1.807, 2.05) is 6.92 Å². The van der Waals surface area contributed by atoms with E-state index in [-0.39, 0.29) is 17.3 Å². The van der Waals surface area contributed by atoms with Gasteiger partial charge in [0.05, 0.1) is 12.5 Å². The minimum atomic E-state index is -0.0136. The van der Waals surface area contributed by atoms with E-state index in [1.165, 1.54) is 11.1 Å². The van der Waals surface area contributed by atoms with Gasteiger partial charge in [-0.3, -0.25) is 4.79 Å². The quantitative estimate of drug-likeness (QED) is 0.783. The summed E-state index contributed by atoms with van der Waals surface area (Å²) in [5.74, 6) is 0.0818. The lowest BCUT2D eigenvalue weighted by atomic mass is 9.95. The maximum Gasteiger partial charge on any atom is 0.309 e. The number of esters is 1. The summed E-state index contributed by atoms with van der Waals surface area (Å²) in [6, 6.07) is 6.44. The van der Waals surface area contributed by atoms with Crippen molar-refractivity contribution >= 4 is 21.9 Å². The molecule has 3 rings (SSSR count). The van der Waals surface area contributed by atoms with Crippen molar-refractivity contribution in [3.63, 3.8) is 0 Å². The Morgan fingerprint density at radius 2 is 2.41 bits per heavy atom. The Morgan fingerprint density at radius 3 is 3.18 bits per heavy atom. The van der Waals surface area contributed by atoms with Gasteiger partial charge in [0.25, 0.3) is 0 Å². The van der Waals surface area contributed by atoms with Crippen LogP contribution >= 0.6 is 15.9 Å². The van der Waals surface area contributed by atoms with Crippen LogP contribution in [0.2, 0.25) is 0 Å². The number of halogens is 1. The van der Waals surface area contributed by atoms with Gasteiger partial charge >= 0.3 is 5.97 Å². The van der Waals surface area contributed by atoms with Crippen LogP contribution in [0.4, 0.5) is 0 Å². The van der Waals surface area contributed by atoms with Crippen LogP contribution in [0, 0.1) is 5.92 Å². The summed E-state index contributed by atoms with van der Waals surface area (Å²) < 4.78 is 6.25. The standard InChI is InChI=1S/C14H15BrO2/c1-2-17-13(16)12-8-14(12)6-5-9-3-4-10(15)7-11(9)14/h3-4,7,12H,2,5-6,8H2,1H3. The van der Waals surface area contributed by atoms with Gasteiger partial charge in [-0.1, -0.05) is 22.0 Å². The van der Waals surface area contributed by atoms with Gasteiger partial charge < -0.3 is 4.74 Å². The number of ether oxygens (including phenoxy) is 1. The lowest BCUT2D eigenvalue weighted by Crippen LogP contribution is -2.15. The van der Waals surface area contributed by atoms with Crippen molar-refractivity contribution in [2.24, 2.45) is 5.92 Å². The zero-order valence-corrected chi connectivity index (χ0v) is 11.4. The van der Waals surface area contributed by atoms with Gasteiger partial charge in [0, 0.05) is 9.89 Å². The number of fused-ring (bicyclic) bond motifs is 2. The topological polar surface area (TPSA) is 26.3 Å². The molecule has 3 heteroatoms. The molecule has 0 N–H and O–H groups in total. The van der Waals surface area contributed by atoms with Crippen molar-refractivity contribution in [3.8, 4) is 0 Å². The van der Waals surface area contributed by atoms with Crippen molar-refractivity contribution in [1.82, 2.24) is 0 Å². The molecule has 0 aliphatic heterocycles. The Hall–Kier alpha value is -0.830. The molecule has 2 unspecified atom stereocenters. The normalized spacial score (nSPS) is 29.2. The van der Waals surface area contributed by atoms with Crippen molar-refractivity contribution in [2.45, 2.75) is 31.6 Å². The minimum absolute atomic E-state index is 0.0136. The molecule has 17 heavy (non-hydrogen) atoms. The third-order valence-corrected chi connectivity index (χ3v) is 4.59. The Bertz CT molecular complexity index is 483. The van der Waals surface area contributed by atoms with E-state index in [4.69, 9.17) is 4.74 Å². The summed E-state index contributed by atoms with van der Waals surface area (Å²) in [6.07, 6.45) is 3.16. The summed E-state index contributed by atoms with van der Waals surface area (Å²) >= 11 is 3.52. The summed E-state index contributed by atoms with van der Waals surface area (Å²) in [5.41, 5.74) is 2.87. The van der Waals surface area contributed by atoms with Crippen LogP contribution in [-0.4, -0.2) is 12.6 Å². The molecule has 2 nitrogen and oxygen atoms in total. The van der Waals surface area contributed by atoms with Crippen molar-refractivity contribution in [2.75, 3.05) is 6.61 Å². The monoisotopic (exact) mass is 294 g/mol. The maximum absolute atomic E-state index is 11.8. The molecule has 1 aromatic rings. The number of aryl methyl sites for hydroxylation is 1. The van der Waals surface area contributed by atoms with Crippen LogP contribution in [0.1, 0.15) is 30.9 Å². The molecule has 0 radical (unpaired) electrons. The first-order valence-corrected chi connectivity index (χ1v) is 6.92. The molecule has 0 saturated heterocycles. The van der Waals surface area contributed by atoms with E-state index < -0.39 is 0 Å². The molecule has 1 fully saturated rings. The highest BCUT2D eigenvalue weighted by Crippen LogP contribution is 2.62. The Balaban J connectivity index is 1.90. The molecule has 2 aliphatic carbocycles. The Kier molecular flexibility index (Phi) is 2.54. The van der Waals surface area contributed by atoms with E-state index >= 15 is 0 Å². The van der Waals surface area contributed by atoms with E-state index in [9.17, 15) is 4.79 Å². The van der Waals surface area contributed by atoms with Crippen LogP contribution in [-0.2, 0) is 21.4 Å². The number of benzene rings is 1. The molecule has 1 spiro atoms. The van der Waals surface area contributed by atoms with Crippen molar-refractivity contribution < 1.29 is 9.53 Å². The van der Waals surface area contributed by atoms with Gasteiger partial charge in [0.2, 0.25) is 0 Å². The fourth-order valence-electron chi connectivity index (χ4n) is 3.15. The van der Waals surface area contributed by atoms with Gasteiger partial charge in [-0.05, 0) is 49.4 Å². The SMILES string of the molecule is CCOC(=O)C1CC12CCc1ccc(Br)cc12. The van der Waals surface area contributed by atoms with Crippen LogP contribution in [0.5, 0.6) is 0 Å². The summed E-state index contributed by atoms with van der Waals surface area (Å²) in [7, 11) is 0. The fourth-order valence-corrected chi connectivity index (χ4v) is 3.51. The van der Waals surface area contributed by atoms with Gasteiger partial charge in [-0.15, -0.1) is 0 Å². The molecule has 90 valence electrons. The second-order valence-electron chi connectivity index (χ2n) is 4.97. The highest BCUT2D eigenvalue weighted by Gasteiger charge is 2.62. The predicted octanol–water partition coefficient (Wildman–Crippen LogP) is 3.22. The van der Waals surface area contributed by atoms with Gasteiger partial charge in [-0.2, -0.15) is 0 Å². The molecular weight excluding hydrogens is 280 g/mol. The first-order chi connectivity index (χ1) is 8.17. The molecular formula is C14H15BrO2. The number of hydrogen-bond acceptors (Lipinski definition) is 2. The van der Waals surface area contributed by atoms with Crippen LogP contribution in [0.25, 0.3) is 0 Å². The van der Waals surface area contributed by atoms with E-state index in [1.54, 1.807) is 0 Å². The molecule has 0 amide bonds. The minimum Gasteiger partial charge on any atom is -0.466 e. The van der Waals surface area contributed by atoms with Crippen molar-refractivity contribution in [3.05, 3.63) is 33.8 Å². The maximum atomic E-state index is 11.8. The third-order valence-electron chi connectivity index (χ3n) is 4.10. The number of rotatable bonds is 2. The lowest BCUT2D eigenvalue weighted by molar-refractivity contribution is -0.145. The van der Waals surface area contributed by atoms with Gasteiger partial charge in [0.1, 0.15) is 0 Å². The number of carbonyl (C=O) groups excluding carboxylic acids is 1. The third kappa shape index (κ3) is 1.63. The average molecular weight is 295 g/mol. The largest absolute Gasteiger partial charge is 0.466 e. The summed E-state index contributed by atoms with van der Waals surface area (Å²) in [4.78, 5) is 11.8. The molecule has 2 aliphatic rings. The number of hydrogen-bond donors (Lipinski definition) is 0. The second-order valence-corrected chi connectivity index (χ2v) is 5.88. The van der Waals surface area contributed by atoms with Crippen molar-refractivity contribution in [1.29, 1.82) is 0 Å². The highest BCUT2D eigenvalue weighted by atomic mass is 79.9. The summed E-state index contributed by atoms with van der Waals surface area (Å²) in [6.45, 7) is 2.35. The molecule has 1 aromatic carbocycles. The lowest BCUT2D eigenvalue weighted by Gasteiger charge is -2.11. The summed E-state index contributed by atoms with van der Waals surface area (Å²) in [5, 5.41) is 0. The molecule has 0 heterocycles. The predicted molar refractivity (Wildman–Crippen MR) is 68.9 cm³/mol. The van der Waals surface area contributed by atoms with Gasteiger partial charge in [0.15, 0.2) is 0 Å². The second kappa shape index (κ2) is 3.84. The first-order valence-electron chi connectivity index (χ1n) is 6.13. The average Bonchev–Trinajstić information content (AvgIpc) is 2.93. The van der Waals surface area contributed by atoms with Crippen LogP contribution in [0.3, 0.4) is 0 Å². The molecule has 1 saturated carbocycles. The van der Waals surface area contributed by atoms with Crippen LogP contribution < -0.4 is 0 Å². The van der Waals surface area contributed by atoms with E-state index in [0.29, 0.717) is 6.61 Å². The molecule has 0 bridgehead atoms. The zero-order valence-electron chi connectivity index (χ0n) is 9.83. The van der Waals surface area contributed by atoms with Crippen LogP contribution in [0.15, 0.2) is 22.7 Å². The van der Waals surface area contributed by atoms with Gasteiger partial charge in [-0.25, -0.2) is 0 Å². The zero-order chi connectivity index (χ0) is 12.0. The number of carbonyl (C=O) groups is 1. The van der Waals surface area contributed by atoms with E-state index in [2.05, 4.69) is 34.1 Å². The smallest absolute Gasteiger partial charge is 0.309 e. The van der Waals surface area contributed by atoms with E-state index in [0.717, 1.165) is 23.7 Å². The Labute approximate surface area is 109 Å². The fraction of sp³-hybridized carbons (Fsp3) is 0.500.